The topological polar surface area (TPSA) is 141 Å². The molecular weight excluding hydrogens is 519 g/mol. The first-order valence-electron chi connectivity index (χ1n) is 10.9. The van der Waals surface area contributed by atoms with Crippen molar-refractivity contribution in [2.75, 3.05) is 17.2 Å². The van der Waals surface area contributed by atoms with Gasteiger partial charge in [0.1, 0.15) is 5.41 Å². The molecule has 4 heterocycles. The summed E-state index contributed by atoms with van der Waals surface area (Å²) in [6.07, 6.45) is 0.157. The lowest BCUT2D eigenvalue weighted by molar-refractivity contribution is -0.161. The van der Waals surface area contributed by atoms with E-state index < -0.39 is 23.6 Å². The second-order valence-corrected chi connectivity index (χ2v) is 8.45. The molecule has 0 atom stereocenters. The van der Waals surface area contributed by atoms with Gasteiger partial charge >= 0.3 is 18.2 Å². The van der Waals surface area contributed by atoms with Gasteiger partial charge in [0.25, 0.3) is 0 Å². The lowest BCUT2D eigenvalue weighted by Gasteiger charge is -2.23. The molecule has 1 aliphatic carbocycles. The molecule has 0 aromatic carbocycles. The third-order valence-corrected chi connectivity index (χ3v) is 5.93. The van der Waals surface area contributed by atoms with Gasteiger partial charge in [0.2, 0.25) is 0 Å². The van der Waals surface area contributed by atoms with Gasteiger partial charge in [-0.1, -0.05) is 11.6 Å². The van der Waals surface area contributed by atoms with Gasteiger partial charge in [-0.25, -0.2) is 24.1 Å². The van der Waals surface area contributed by atoms with E-state index in [9.17, 15) is 22.8 Å². The van der Waals surface area contributed by atoms with Crippen LogP contribution in [0.25, 0.3) is 11.5 Å². The molecule has 12 nitrogen and oxygen atoms in total. The maximum atomic E-state index is 14.1. The minimum Gasteiger partial charge on any atom is -0.461 e. The van der Waals surface area contributed by atoms with E-state index in [0.717, 1.165) is 10.7 Å². The maximum Gasteiger partial charge on any atom is 0.400 e. The summed E-state index contributed by atoms with van der Waals surface area (Å²) in [4.78, 5) is 34.2. The Morgan fingerprint density at radius 3 is 2.49 bits per heavy atom. The minimum absolute atomic E-state index is 0.00154. The predicted octanol–water partition coefficient (Wildman–Crippen LogP) is 3.77. The molecule has 0 bridgehead atoms. The highest BCUT2D eigenvalue weighted by atomic mass is 35.5. The van der Waals surface area contributed by atoms with Crippen LogP contribution >= 0.6 is 11.6 Å². The van der Waals surface area contributed by atoms with Crippen molar-refractivity contribution < 1.29 is 27.5 Å². The number of halogens is 4. The predicted molar refractivity (Wildman–Crippen MR) is 123 cm³/mol. The molecular formula is C21H17ClF3N9O3. The molecule has 1 fully saturated rings. The number of fused-ring (bicyclic) bond motifs is 1. The summed E-state index contributed by atoms with van der Waals surface area (Å²) in [6, 6.07) is 1.73. The summed E-state index contributed by atoms with van der Waals surface area (Å²) < 4.78 is 48.2. The van der Waals surface area contributed by atoms with Crippen molar-refractivity contribution in [1.29, 1.82) is 0 Å². The number of anilines is 2. The summed E-state index contributed by atoms with van der Waals surface area (Å²) in [5, 5.41) is 16.9. The molecule has 0 spiro atoms. The summed E-state index contributed by atoms with van der Waals surface area (Å²) in [5.74, 6) is -0.590. The number of pyridine rings is 1. The first-order valence-corrected chi connectivity index (χ1v) is 11.2. The molecule has 2 N–H and O–H groups in total. The Morgan fingerprint density at radius 1 is 1.14 bits per heavy atom. The van der Waals surface area contributed by atoms with Crippen molar-refractivity contribution in [2.24, 2.45) is 0 Å². The van der Waals surface area contributed by atoms with Crippen molar-refractivity contribution in [2.45, 2.75) is 31.4 Å². The van der Waals surface area contributed by atoms with Crippen LogP contribution in [0.5, 0.6) is 0 Å². The monoisotopic (exact) mass is 535 g/mol. The van der Waals surface area contributed by atoms with Gasteiger partial charge < -0.3 is 15.4 Å². The Labute approximate surface area is 210 Å². The summed E-state index contributed by atoms with van der Waals surface area (Å²) in [5.41, 5.74) is -2.88. The molecule has 2 amide bonds. The number of aromatic nitrogens is 7. The minimum atomic E-state index is -4.64. The highest BCUT2D eigenvalue weighted by molar-refractivity contribution is 6.32. The van der Waals surface area contributed by atoms with Crippen molar-refractivity contribution in [3.63, 3.8) is 0 Å². The van der Waals surface area contributed by atoms with Crippen LogP contribution in [0, 0.1) is 0 Å². The van der Waals surface area contributed by atoms with Gasteiger partial charge in [-0.15, -0.1) is 4.80 Å². The quantitative estimate of drug-likeness (QED) is 0.355. The van der Waals surface area contributed by atoms with Gasteiger partial charge in [0.15, 0.2) is 17.2 Å². The zero-order valence-corrected chi connectivity index (χ0v) is 19.7. The average Bonchev–Trinajstić information content (AvgIpc) is 3.26. The van der Waals surface area contributed by atoms with Crippen LogP contribution < -0.4 is 10.6 Å². The number of amides is 2. The molecule has 4 aromatic rings. The van der Waals surface area contributed by atoms with Crippen LogP contribution in [0.4, 0.5) is 29.3 Å². The zero-order chi connectivity index (χ0) is 26.4. The fourth-order valence-electron chi connectivity index (χ4n) is 3.83. The normalized spacial score (nSPS) is 14.4. The van der Waals surface area contributed by atoms with Crippen LogP contribution in [0.1, 0.15) is 35.9 Å². The van der Waals surface area contributed by atoms with Gasteiger partial charge in [-0.05, 0) is 25.8 Å². The summed E-state index contributed by atoms with van der Waals surface area (Å²) >= 11 is 6.20. The highest BCUT2D eigenvalue weighted by Gasteiger charge is 2.66. The van der Waals surface area contributed by atoms with E-state index >= 15 is 0 Å². The summed E-state index contributed by atoms with van der Waals surface area (Å²) in [6.45, 7) is 1.65. The van der Waals surface area contributed by atoms with E-state index in [-0.39, 0.29) is 58.7 Å². The van der Waals surface area contributed by atoms with Crippen molar-refractivity contribution in [3.05, 3.63) is 53.3 Å². The standard InChI is InChI=1S/C21H17ClF3N9O3/c1-2-37-18(35)13-8-15-26-10-14(16(33(15)32-13)20(3-4-20)21(23,24)25)31-19(36)30-11-7-12(22)17(27-9-11)34-28-5-6-29-34/h5-10H,2-4H2,1H3,(H2,30,31,36). The molecule has 0 unspecified atom stereocenters. The zero-order valence-electron chi connectivity index (χ0n) is 19.0. The molecule has 1 saturated carbocycles. The first-order chi connectivity index (χ1) is 17.6. The highest BCUT2D eigenvalue weighted by Crippen LogP contribution is 2.60. The Balaban J connectivity index is 1.47. The van der Waals surface area contributed by atoms with Crippen LogP contribution in [-0.4, -0.2) is 59.4 Å². The molecule has 0 radical (unpaired) electrons. The molecule has 37 heavy (non-hydrogen) atoms. The smallest absolute Gasteiger partial charge is 0.400 e. The number of alkyl halides is 3. The fraction of sp³-hybridized carbons (Fsp3) is 0.286. The largest absolute Gasteiger partial charge is 0.461 e. The van der Waals surface area contributed by atoms with E-state index in [1.165, 1.54) is 35.5 Å². The number of ether oxygens (including phenoxy) is 1. The number of carbonyl (C=O) groups excluding carboxylic acids is 2. The lowest BCUT2D eigenvalue weighted by Crippen LogP contribution is -2.33. The van der Waals surface area contributed by atoms with Gasteiger partial charge in [-0.3, -0.25) is 0 Å². The van der Waals surface area contributed by atoms with Crippen LogP contribution in [0.3, 0.4) is 0 Å². The van der Waals surface area contributed by atoms with E-state index in [1.807, 2.05) is 0 Å². The molecule has 192 valence electrons. The molecule has 1 aliphatic rings. The Bertz CT molecular complexity index is 1500. The van der Waals surface area contributed by atoms with Gasteiger partial charge in [0, 0.05) is 6.07 Å². The lowest BCUT2D eigenvalue weighted by atomic mass is 10.00. The molecule has 0 saturated heterocycles. The number of nitrogens with one attached hydrogen (secondary N) is 2. The molecule has 4 aromatic heterocycles. The maximum absolute atomic E-state index is 14.1. The van der Waals surface area contributed by atoms with E-state index in [2.05, 4.69) is 35.9 Å². The number of hydrogen-bond donors (Lipinski definition) is 2. The van der Waals surface area contributed by atoms with Gasteiger partial charge in [-0.2, -0.15) is 28.5 Å². The Hall–Kier alpha value is -4.27. The van der Waals surface area contributed by atoms with E-state index in [1.54, 1.807) is 6.92 Å². The number of urea groups is 1. The second kappa shape index (κ2) is 8.99. The number of rotatable bonds is 6. The molecule has 16 heteroatoms. The SMILES string of the molecule is CCOC(=O)c1cc2ncc(NC(=O)Nc3cnc(-n4nccn4)c(Cl)c3)c(C3(C(F)(F)F)CC3)n2n1. The molecule has 0 aliphatic heterocycles. The van der Waals surface area contributed by atoms with Crippen LogP contribution in [-0.2, 0) is 10.2 Å². The van der Waals surface area contributed by atoms with E-state index in [0.29, 0.717) is 0 Å². The van der Waals surface area contributed by atoms with Crippen LogP contribution in [0.15, 0.2) is 36.9 Å². The number of hydrogen-bond acceptors (Lipinski definition) is 8. The van der Waals surface area contributed by atoms with Crippen LogP contribution in [0.2, 0.25) is 5.02 Å². The number of esters is 1. The fourth-order valence-corrected chi connectivity index (χ4v) is 4.07. The summed E-state index contributed by atoms with van der Waals surface area (Å²) in [7, 11) is 0. The van der Waals surface area contributed by atoms with Crippen molar-refractivity contribution in [1.82, 2.24) is 34.6 Å². The number of nitrogens with zero attached hydrogens (tertiary/aromatic N) is 7. The molecule has 5 rings (SSSR count). The Morgan fingerprint density at radius 2 is 1.86 bits per heavy atom. The van der Waals surface area contributed by atoms with Gasteiger partial charge in [0.05, 0.1) is 53.5 Å². The average molecular weight is 536 g/mol. The first kappa shape index (κ1) is 24.4. The third-order valence-electron chi connectivity index (χ3n) is 5.65. The van der Waals surface area contributed by atoms with Crippen molar-refractivity contribution in [3.8, 4) is 5.82 Å². The second-order valence-electron chi connectivity index (χ2n) is 8.05. The van der Waals surface area contributed by atoms with Crippen molar-refractivity contribution >= 4 is 40.6 Å². The third kappa shape index (κ3) is 4.41. The Kier molecular flexibility index (Phi) is 5.94. The number of carbonyl (C=O) groups is 2. The van der Waals surface area contributed by atoms with E-state index in [4.69, 9.17) is 16.3 Å².